The Hall–Kier alpha value is -4.14. The van der Waals surface area contributed by atoms with Crippen LogP contribution < -0.4 is 16.4 Å². The minimum atomic E-state index is -0.304. The van der Waals surface area contributed by atoms with Gasteiger partial charge < -0.3 is 14.5 Å². The van der Waals surface area contributed by atoms with Crippen LogP contribution in [0.25, 0.3) is 21.8 Å². The summed E-state index contributed by atoms with van der Waals surface area (Å²) in [6.45, 7) is 5.37. The molecule has 184 valence electrons. The predicted molar refractivity (Wildman–Crippen MR) is 138 cm³/mol. The van der Waals surface area contributed by atoms with E-state index in [1.807, 2.05) is 30.2 Å². The Labute approximate surface area is 203 Å². The molecule has 0 aliphatic rings. The number of carbonyl (C=O) groups is 2. The highest BCUT2D eigenvalue weighted by Crippen LogP contribution is 2.14. The van der Waals surface area contributed by atoms with Crippen molar-refractivity contribution in [1.82, 2.24) is 24.4 Å². The number of fused-ring (bicyclic) bond motifs is 2. The van der Waals surface area contributed by atoms with E-state index in [1.165, 1.54) is 0 Å². The van der Waals surface area contributed by atoms with Crippen LogP contribution in [-0.4, -0.2) is 37.8 Å². The molecule has 0 atom stereocenters. The zero-order valence-corrected chi connectivity index (χ0v) is 20.1. The molecule has 0 saturated carbocycles. The van der Waals surface area contributed by atoms with Crippen LogP contribution in [-0.2, 0) is 14.1 Å². The van der Waals surface area contributed by atoms with Crippen LogP contribution in [0.15, 0.2) is 46.0 Å². The summed E-state index contributed by atoms with van der Waals surface area (Å²) >= 11 is 0. The second-order valence-electron chi connectivity index (χ2n) is 7.87. The van der Waals surface area contributed by atoms with Gasteiger partial charge in [0.2, 0.25) is 0 Å². The van der Waals surface area contributed by atoms with Gasteiger partial charge in [0.05, 0.1) is 21.8 Å². The Morgan fingerprint density at radius 3 is 1.94 bits per heavy atom. The van der Waals surface area contributed by atoms with E-state index in [9.17, 15) is 19.2 Å². The molecule has 35 heavy (non-hydrogen) atoms. The maximum absolute atomic E-state index is 11.8. The van der Waals surface area contributed by atoms with Crippen LogP contribution in [0.5, 0.6) is 0 Å². The minimum absolute atomic E-state index is 0. The summed E-state index contributed by atoms with van der Waals surface area (Å²) in [5.74, 6) is 1.15. The highest BCUT2D eigenvalue weighted by Gasteiger charge is 2.10. The number of hydrogen-bond acceptors (Lipinski definition) is 6. The van der Waals surface area contributed by atoms with Crippen LogP contribution >= 0.6 is 0 Å². The standard InChI is InChI=1S/C13H14N2O2.C12H13N3O2.CH4/c1-4-12(16)9-5-6-10-11(7-9)15(3)8(2)14-13(10)17;1-7-14-12(17)9-6-8(11(16)13-2)4-5-10(9)15(7)3;/h5-7H,4H2,1-3H3;4-6H,1-3H3,(H,13,16);1H4. The Kier molecular flexibility index (Phi) is 8.41. The highest BCUT2D eigenvalue weighted by molar-refractivity contribution is 5.99. The fourth-order valence-electron chi connectivity index (χ4n) is 3.57. The van der Waals surface area contributed by atoms with Crippen LogP contribution in [0.3, 0.4) is 0 Å². The average Bonchev–Trinajstić information content (AvgIpc) is 2.84. The first-order valence-electron chi connectivity index (χ1n) is 10.8. The van der Waals surface area contributed by atoms with Gasteiger partial charge in [-0.05, 0) is 44.2 Å². The number of amides is 1. The molecule has 0 spiro atoms. The van der Waals surface area contributed by atoms with Crippen LogP contribution in [0.4, 0.5) is 0 Å². The Morgan fingerprint density at radius 1 is 0.829 bits per heavy atom. The lowest BCUT2D eigenvalue weighted by Gasteiger charge is -2.08. The second kappa shape index (κ2) is 10.9. The van der Waals surface area contributed by atoms with Gasteiger partial charge in [-0.2, -0.15) is 9.97 Å². The van der Waals surface area contributed by atoms with Gasteiger partial charge in [-0.1, -0.05) is 20.4 Å². The van der Waals surface area contributed by atoms with E-state index >= 15 is 0 Å². The topological polar surface area (TPSA) is 116 Å². The summed E-state index contributed by atoms with van der Waals surface area (Å²) in [4.78, 5) is 54.4. The molecular weight excluding hydrogens is 446 g/mol. The number of nitrogens with zero attached hydrogens (tertiary/aromatic N) is 4. The molecule has 4 aromatic rings. The molecule has 2 heterocycles. The smallest absolute Gasteiger partial charge is 0.280 e. The number of aromatic nitrogens is 4. The van der Waals surface area contributed by atoms with Gasteiger partial charge in [-0.25, -0.2) is 0 Å². The first kappa shape index (κ1) is 27.1. The van der Waals surface area contributed by atoms with Gasteiger partial charge in [0, 0.05) is 38.7 Å². The summed E-state index contributed by atoms with van der Waals surface area (Å²) in [6.07, 6.45) is 0.462. The van der Waals surface area contributed by atoms with E-state index in [1.54, 1.807) is 57.3 Å². The summed E-state index contributed by atoms with van der Waals surface area (Å²) in [5, 5.41) is 3.53. The number of hydrogen-bond donors (Lipinski definition) is 1. The molecule has 0 aliphatic carbocycles. The minimum Gasteiger partial charge on any atom is -0.355 e. The van der Waals surface area contributed by atoms with Crippen molar-refractivity contribution in [2.45, 2.75) is 34.6 Å². The van der Waals surface area contributed by atoms with Crippen molar-refractivity contribution in [1.29, 1.82) is 0 Å². The van der Waals surface area contributed by atoms with Crippen molar-refractivity contribution in [3.8, 4) is 0 Å². The number of carbonyl (C=O) groups excluding carboxylic acids is 2. The Morgan fingerprint density at radius 2 is 1.37 bits per heavy atom. The first-order chi connectivity index (χ1) is 16.1. The summed E-state index contributed by atoms with van der Waals surface area (Å²) in [6, 6.07) is 10.1. The van der Waals surface area contributed by atoms with E-state index in [0.29, 0.717) is 40.0 Å². The Bertz CT molecular complexity index is 1550. The van der Waals surface area contributed by atoms with Gasteiger partial charge in [-0.3, -0.25) is 19.2 Å². The zero-order valence-electron chi connectivity index (χ0n) is 20.1. The van der Waals surface area contributed by atoms with Gasteiger partial charge in [0.1, 0.15) is 11.6 Å². The normalized spacial score (nSPS) is 10.3. The van der Waals surface area contributed by atoms with E-state index in [0.717, 1.165) is 11.0 Å². The maximum atomic E-state index is 11.8. The number of nitrogens with one attached hydrogen (secondary N) is 1. The van der Waals surface area contributed by atoms with Crippen molar-refractivity contribution >= 4 is 33.5 Å². The predicted octanol–water partition coefficient (Wildman–Crippen LogP) is 3.07. The molecule has 1 amide bonds. The van der Waals surface area contributed by atoms with Gasteiger partial charge in [0.15, 0.2) is 5.78 Å². The van der Waals surface area contributed by atoms with Crippen molar-refractivity contribution in [3.63, 3.8) is 0 Å². The van der Waals surface area contributed by atoms with Gasteiger partial charge in [0.25, 0.3) is 17.0 Å². The van der Waals surface area contributed by atoms with E-state index in [-0.39, 0.29) is 30.2 Å². The third-order valence-electron chi connectivity index (χ3n) is 5.81. The summed E-state index contributed by atoms with van der Waals surface area (Å²) in [7, 11) is 5.23. The molecule has 9 heteroatoms. The first-order valence-corrected chi connectivity index (χ1v) is 10.8. The molecule has 0 saturated heterocycles. The van der Waals surface area contributed by atoms with Crippen molar-refractivity contribution in [2.75, 3.05) is 7.05 Å². The number of ketones is 1. The van der Waals surface area contributed by atoms with Crippen molar-refractivity contribution in [2.24, 2.45) is 14.1 Å². The molecule has 2 aromatic carbocycles. The number of rotatable bonds is 3. The molecule has 0 bridgehead atoms. The van der Waals surface area contributed by atoms with Crippen LogP contribution in [0.1, 0.15) is 53.1 Å². The molecule has 0 radical (unpaired) electrons. The molecule has 9 nitrogen and oxygen atoms in total. The Balaban J connectivity index is 0.000000240. The molecular formula is C26H31N5O4. The quantitative estimate of drug-likeness (QED) is 0.454. The molecule has 0 fully saturated rings. The van der Waals surface area contributed by atoms with Gasteiger partial charge >= 0.3 is 0 Å². The fraction of sp³-hybridized carbons (Fsp3) is 0.308. The lowest BCUT2D eigenvalue weighted by Crippen LogP contribution is -2.19. The number of aryl methyl sites for hydroxylation is 4. The average molecular weight is 478 g/mol. The van der Waals surface area contributed by atoms with Crippen LogP contribution in [0.2, 0.25) is 0 Å². The zero-order chi connectivity index (χ0) is 25.2. The number of Topliss-reactive ketones (excluding diaryl/α,β-unsaturated/α-hetero) is 1. The molecule has 4 rings (SSSR count). The number of benzene rings is 2. The van der Waals surface area contributed by atoms with E-state index in [4.69, 9.17) is 0 Å². The SMILES string of the molecule is C.CCC(=O)c1ccc2c(=O)nc(C)n(C)c2c1.CNC(=O)c1ccc2c(c1)c(=O)nc(C)n2C. The fourth-order valence-corrected chi connectivity index (χ4v) is 3.57. The highest BCUT2D eigenvalue weighted by atomic mass is 16.2. The van der Waals surface area contributed by atoms with Crippen molar-refractivity contribution < 1.29 is 9.59 Å². The largest absolute Gasteiger partial charge is 0.355 e. The second-order valence-corrected chi connectivity index (χ2v) is 7.87. The lowest BCUT2D eigenvalue weighted by atomic mass is 10.1. The van der Waals surface area contributed by atoms with Crippen molar-refractivity contribution in [3.05, 3.63) is 79.9 Å². The summed E-state index contributed by atoms with van der Waals surface area (Å²) < 4.78 is 3.65. The molecule has 2 aromatic heterocycles. The lowest BCUT2D eigenvalue weighted by molar-refractivity contribution is 0.0961. The summed E-state index contributed by atoms with van der Waals surface area (Å²) in [5.41, 5.74) is 2.08. The third kappa shape index (κ3) is 5.34. The van der Waals surface area contributed by atoms with E-state index in [2.05, 4.69) is 15.3 Å². The van der Waals surface area contributed by atoms with Gasteiger partial charge in [-0.15, -0.1) is 0 Å². The van der Waals surface area contributed by atoms with E-state index < -0.39 is 0 Å². The van der Waals surface area contributed by atoms with Crippen LogP contribution in [0, 0.1) is 13.8 Å². The molecule has 0 unspecified atom stereocenters. The third-order valence-corrected chi connectivity index (χ3v) is 5.81. The molecule has 0 aliphatic heterocycles. The maximum Gasteiger partial charge on any atom is 0.280 e. The molecule has 1 N–H and O–H groups in total. The monoisotopic (exact) mass is 477 g/mol.